The molecule has 2 aliphatic heterocycles. The van der Waals surface area contributed by atoms with Gasteiger partial charge >= 0.3 is 0 Å². The first-order valence-corrected chi connectivity index (χ1v) is 8.43. The monoisotopic (exact) mass is 352 g/mol. The van der Waals surface area contributed by atoms with Crippen molar-refractivity contribution < 1.29 is 4.79 Å². The average Bonchev–Trinajstić information content (AvgIpc) is 3.00. The van der Waals surface area contributed by atoms with Crippen molar-refractivity contribution in [2.24, 2.45) is 0 Å². The Labute approximate surface area is 133 Å². The average molecular weight is 353 g/mol. The van der Waals surface area contributed by atoms with E-state index in [2.05, 4.69) is 36.4 Å². The second-order valence-corrected chi connectivity index (χ2v) is 6.46. The maximum absolute atomic E-state index is 12.6. The van der Waals surface area contributed by atoms with Crippen LogP contribution in [-0.2, 0) is 4.79 Å². The van der Waals surface area contributed by atoms with Crippen LogP contribution in [0.15, 0.2) is 22.9 Å². The van der Waals surface area contributed by atoms with Gasteiger partial charge in [0.1, 0.15) is 4.60 Å². The number of anilines is 1. The summed E-state index contributed by atoms with van der Waals surface area (Å²) in [4.78, 5) is 19.2. The molecule has 6 heteroatoms. The van der Waals surface area contributed by atoms with Gasteiger partial charge < -0.3 is 10.6 Å². The van der Waals surface area contributed by atoms with Gasteiger partial charge in [-0.15, -0.1) is 0 Å². The van der Waals surface area contributed by atoms with Gasteiger partial charge in [-0.2, -0.15) is 0 Å². The number of pyridine rings is 1. The van der Waals surface area contributed by atoms with E-state index in [0.29, 0.717) is 10.6 Å². The summed E-state index contributed by atoms with van der Waals surface area (Å²) in [7, 11) is 0. The van der Waals surface area contributed by atoms with Gasteiger partial charge in [-0.1, -0.05) is 0 Å². The number of rotatable bonds is 3. The summed E-state index contributed by atoms with van der Waals surface area (Å²) in [5.74, 6) is 0.0970. The Morgan fingerprint density at radius 2 is 2.19 bits per heavy atom. The van der Waals surface area contributed by atoms with Crippen LogP contribution in [0.25, 0.3) is 0 Å². The standard InChI is InChI=1S/C15H21BrN4O/c16-14-12(3-1-7-18-14)19-15(21)13-4-2-10-20(13)11-5-8-17-9-6-11/h1,3,7,11,13,17H,2,4-6,8-10H2,(H,19,21). The topological polar surface area (TPSA) is 57.3 Å². The van der Waals surface area contributed by atoms with Crippen molar-refractivity contribution >= 4 is 27.5 Å². The highest BCUT2D eigenvalue weighted by molar-refractivity contribution is 9.10. The van der Waals surface area contributed by atoms with E-state index in [4.69, 9.17) is 0 Å². The van der Waals surface area contributed by atoms with Gasteiger partial charge in [0.05, 0.1) is 11.7 Å². The molecule has 1 aromatic rings. The predicted octanol–water partition coefficient (Wildman–Crippen LogP) is 2.00. The number of nitrogens with one attached hydrogen (secondary N) is 2. The molecule has 2 saturated heterocycles. The highest BCUT2D eigenvalue weighted by atomic mass is 79.9. The number of carbonyl (C=O) groups excluding carboxylic acids is 1. The van der Waals surface area contributed by atoms with Gasteiger partial charge in [-0.3, -0.25) is 9.69 Å². The number of amides is 1. The van der Waals surface area contributed by atoms with Gasteiger partial charge in [0.2, 0.25) is 5.91 Å². The number of aromatic nitrogens is 1. The minimum Gasteiger partial charge on any atom is -0.322 e. The Balaban J connectivity index is 1.67. The quantitative estimate of drug-likeness (QED) is 0.817. The Bertz CT molecular complexity index is 504. The largest absolute Gasteiger partial charge is 0.322 e. The fourth-order valence-electron chi connectivity index (χ4n) is 3.34. The second kappa shape index (κ2) is 6.85. The van der Waals surface area contributed by atoms with E-state index in [1.54, 1.807) is 6.20 Å². The number of halogens is 1. The zero-order valence-corrected chi connectivity index (χ0v) is 13.6. The van der Waals surface area contributed by atoms with Crippen LogP contribution in [0, 0.1) is 0 Å². The van der Waals surface area contributed by atoms with Crippen LogP contribution in [0.2, 0.25) is 0 Å². The summed E-state index contributed by atoms with van der Waals surface area (Å²) in [6, 6.07) is 4.25. The Morgan fingerprint density at radius 3 is 2.95 bits per heavy atom. The van der Waals surface area contributed by atoms with Crippen molar-refractivity contribution in [2.75, 3.05) is 25.0 Å². The molecule has 0 aliphatic carbocycles. The maximum Gasteiger partial charge on any atom is 0.241 e. The third-order valence-corrected chi connectivity index (χ3v) is 5.02. The number of hydrogen-bond acceptors (Lipinski definition) is 4. The van der Waals surface area contributed by atoms with Crippen molar-refractivity contribution in [2.45, 2.75) is 37.8 Å². The first-order valence-electron chi connectivity index (χ1n) is 7.63. The minimum atomic E-state index is 0.000191. The molecule has 1 amide bonds. The summed E-state index contributed by atoms with van der Waals surface area (Å²) < 4.78 is 0.685. The lowest BCUT2D eigenvalue weighted by Crippen LogP contribution is -2.49. The van der Waals surface area contributed by atoms with Gasteiger partial charge in [0, 0.05) is 12.2 Å². The molecule has 5 nitrogen and oxygen atoms in total. The van der Waals surface area contributed by atoms with Crippen LogP contribution in [0.4, 0.5) is 5.69 Å². The van der Waals surface area contributed by atoms with Crippen molar-refractivity contribution in [1.29, 1.82) is 0 Å². The van der Waals surface area contributed by atoms with E-state index in [9.17, 15) is 4.79 Å². The molecule has 0 aromatic carbocycles. The Hall–Kier alpha value is -0.980. The van der Waals surface area contributed by atoms with Gasteiger partial charge in [0.25, 0.3) is 0 Å². The van der Waals surface area contributed by atoms with Crippen molar-refractivity contribution in [3.05, 3.63) is 22.9 Å². The minimum absolute atomic E-state index is 0.000191. The molecule has 2 N–H and O–H groups in total. The zero-order chi connectivity index (χ0) is 14.7. The van der Waals surface area contributed by atoms with E-state index in [1.165, 1.54) is 0 Å². The molecule has 21 heavy (non-hydrogen) atoms. The maximum atomic E-state index is 12.6. The van der Waals surface area contributed by atoms with Gasteiger partial charge in [-0.05, 0) is 73.4 Å². The van der Waals surface area contributed by atoms with E-state index >= 15 is 0 Å². The van der Waals surface area contributed by atoms with Crippen molar-refractivity contribution in [1.82, 2.24) is 15.2 Å². The number of carbonyl (C=O) groups is 1. The van der Waals surface area contributed by atoms with Crippen molar-refractivity contribution in [3.8, 4) is 0 Å². The predicted molar refractivity (Wildman–Crippen MR) is 86.2 cm³/mol. The second-order valence-electron chi connectivity index (χ2n) is 5.71. The summed E-state index contributed by atoms with van der Waals surface area (Å²) in [6.07, 6.45) is 6.04. The SMILES string of the molecule is O=C(Nc1cccnc1Br)C1CCCN1C1CCNCC1. The van der Waals surface area contributed by atoms with E-state index in [-0.39, 0.29) is 11.9 Å². The number of nitrogens with zero attached hydrogens (tertiary/aromatic N) is 2. The Kier molecular flexibility index (Phi) is 4.87. The van der Waals surface area contributed by atoms with Crippen molar-refractivity contribution in [3.63, 3.8) is 0 Å². The molecule has 3 rings (SSSR count). The lowest BCUT2D eigenvalue weighted by atomic mass is 10.0. The number of hydrogen-bond donors (Lipinski definition) is 2. The molecule has 0 radical (unpaired) electrons. The molecular formula is C15H21BrN4O. The molecule has 0 bridgehead atoms. The molecule has 1 unspecified atom stereocenters. The van der Waals surface area contributed by atoms with Crippen LogP contribution < -0.4 is 10.6 Å². The van der Waals surface area contributed by atoms with E-state index < -0.39 is 0 Å². The molecule has 2 aliphatic rings. The zero-order valence-electron chi connectivity index (χ0n) is 12.0. The molecule has 1 atom stereocenters. The summed E-state index contributed by atoms with van der Waals surface area (Å²) in [5, 5.41) is 6.40. The molecule has 1 aromatic heterocycles. The van der Waals surface area contributed by atoms with Crippen LogP contribution in [0.5, 0.6) is 0 Å². The smallest absolute Gasteiger partial charge is 0.241 e. The summed E-state index contributed by atoms with van der Waals surface area (Å²) >= 11 is 3.38. The highest BCUT2D eigenvalue weighted by Gasteiger charge is 2.35. The van der Waals surface area contributed by atoms with Gasteiger partial charge in [-0.25, -0.2) is 4.98 Å². The number of piperidine rings is 1. The van der Waals surface area contributed by atoms with Gasteiger partial charge in [0.15, 0.2) is 0 Å². The number of likely N-dealkylation sites (tertiary alicyclic amines) is 1. The Morgan fingerprint density at radius 1 is 1.38 bits per heavy atom. The first kappa shape index (κ1) is 14.9. The molecule has 0 spiro atoms. The van der Waals surface area contributed by atoms with Crippen LogP contribution in [-0.4, -0.2) is 47.5 Å². The van der Waals surface area contributed by atoms with Crippen LogP contribution in [0.1, 0.15) is 25.7 Å². The third-order valence-electron chi connectivity index (χ3n) is 4.39. The molecule has 3 heterocycles. The van der Waals surface area contributed by atoms with E-state index in [1.807, 2.05) is 12.1 Å². The molecular weight excluding hydrogens is 332 g/mol. The molecule has 2 fully saturated rings. The van der Waals surface area contributed by atoms with Crippen LogP contribution >= 0.6 is 15.9 Å². The lowest BCUT2D eigenvalue weighted by Gasteiger charge is -2.35. The third kappa shape index (κ3) is 3.44. The molecule has 0 saturated carbocycles. The van der Waals surface area contributed by atoms with E-state index in [0.717, 1.165) is 51.0 Å². The summed E-state index contributed by atoms with van der Waals surface area (Å²) in [6.45, 7) is 3.16. The lowest BCUT2D eigenvalue weighted by molar-refractivity contribution is -0.121. The highest BCUT2D eigenvalue weighted by Crippen LogP contribution is 2.26. The van der Waals surface area contributed by atoms with Crippen LogP contribution in [0.3, 0.4) is 0 Å². The first-order chi connectivity index (χ1) is 10.3. The summed E-state index contributed by atoms with van der Waals surface area (Å²) in [5.41, 5.74) is 0.750. The normalized spacial score (nSPS) is 24.1. The fraction of sp³-hybridized carbons (Fsp3) is 0.600. The fourth-order valence-corrected chi connectivity index (χ4v) is 3.69. The molecule has 114 valence electrons.